The minimum absolute atomic E-state index is 0. The second kappa shape index (κ2) is 24.3. The molecule has 10 aromatic rings. The van der Waals surface area contributed by atoms with E-state index in [1.54, 1.807) is 12.4 Å². The number of aromatic hydroxyl groups is 2. The van der Waals surface area contributed by atoms with Gasteiger partial charge in [0, 0.05) is 69.5 Å². The zero-order valence-electron chi connectivity index (χ0n) is 46.5. The summed E-state index contributed by atoms with van der Waals surface area (Å²) in [7, 11) is 4.03. The van der Waals surface area contributed by atoms with Crippen LogP contribution in [0.2, 0.25) is 0 Å². The number of benzene rings is 4. The first-order valence-electron chi connectivity index (χ1n) is 26.3. The molecule has 10 heterocycles. The van der Waals surface area contributed by atoms with E-state index in [4.69, 9.17) is 0 Å². The van der Waals surface area contributed by atoms with Crippen LogP contribution in [0, 0.1) is 39.3 Å². The van der Waals surface area contributed by atoms with Crippen LogP contribution in [0.3, 0.4) is 0 Å². The Morgan fingerprint density at radius 2 is 0.732 bits per heavy atom. The van der Waals surface area contributed by atoms with Crippen LogP contribution in [0.1, 0.15) is 61.3 Å². The Labute approximate surface area is 509 Å². The molecule has 0 fully saturated rings. The summed E-state index contributed by atoms with van der Waals surface area (Å²) in [4.78, 5) is 38.7. The van der Waals surface area contributed by atoms with Crippen molar-refractivity contribution in [3.05, 3.63) is 254 Å². The summed E-state index contributed by atoms with van der Waals surface area (Å²) < 4.78 is 0. The average molecular weight is 1440 g/mol. The fourth-order valence-corrected chi connectivity index (χ4v) is 10.6. The summed E-state index contributed by atoms with van der Waals surface area (Å²) in [6, 6.07) is 62.4. The summed E-state index contributed by atoms with van der Waals surface area (Å²) >= 11 is 0. The third-order valence-corrected chi connectivity index (χ3v) is 14.7. The van der Waals surface area contributed by atoms with Crippen LogP contribution in [-0.4, -0.2) is 54.2 Å². The number of nitrogens with zero attached hydrogens (tertiary/aromatic N) is 12. The smallest absolute Gasteiger partial charge is 0.502 e. The molecule has 6 aromatic heterocycles. The fraction of sp³-hybridized carbons (Fsp3) is 0.152. The molecule has 0 saturated carbocycles. The normalized spacial score (nSPS) is 14.2. The van der Waals surface area contributed by atoms with E-state index in [0.717, 1.165) is 79.9 Å². The van der Waals surface area contributed by atoms with Gasteiger partial charge in [-0.3, -0.25) is 9.80 Å². The molecule has 4 aliphatic heterocycles. The van der Waals surface area contributed by atoms with Gasteiger partial charge in [-0.1, -0.05) is 76.2 Å². The quantitative estimate of drug-likeness (QED) is 0.162. The molecule has 4 aliphatic rings. The molecule has 4 aromatic carbocycles. The Morgan fingerprint density at radius 3 is 1.11 bits per heavy atom. The van der Waals surface area contributed by atoms with E-state index in [0.29, 0.717) is 11.4 Å². The molecular weight excluding hydrogens is 1380 g/mol. The van der Waals surface area contributed by atoms with Crippen molar-refractivity contribution in [1.82, 2.24) is 29.9 Å². The molecule has 0 aliphatic carbocycles. The van der Waals surface area contributed by atoms with Gasteiger partial charge in [0.1, 0.15) is 34.6 Å². The number of pyridine rings is 6. The summed E-state index contributed by atoms with van der Waals surface area (Å²) in [5, 5.41) is 20.9. The van der Waals surface area contributed by atoms with Gasteiger partial charge >= 0.3 is 42.1 Å². The predicted octanol–water partition coefficient (Wildman–Crippen LogP) is 14.4. The molecule has 0 unspecified atom stereocenters. The zero-order valence-corrected chi connectivity index (χ0v) is 51.1. The molecule has 14 nitrogen and oxygen atoms in total. The first-order chi connectivity index (χ1) is 38.7. The average Bonchev–Trinajstić information content (AvgIpc) is 4.14. The number of hydrogen-bond acceptors (Lipinski definition) is 14. The van der Waals surface area contributed by atoms with Gasteiger partial charge in [0.05, 0.1) is 11.4 Å². The molecule has 0 saturated heterocycles. The van der Waals surface area contributed by atoms with Gasteiger partial charge in [-0.15, -0.1) is 11.4 Å². The van der Waals surface area contributed by atoms with Crippen molar-refractivity contribution in [2.24, 2.45) is 0 Å². The molecule has 0 atom stereocenters. The monoisotopic (exact) mass is 1440 g/mol. The maximum absolute atomic E-state index is 10.4. The van der Waals surface area contributed by atoms with Crippen molar-refractivity contribution < 1.29 is 52.3 Å². The van der Waals surface area contributed by atoms with E-state index in [2.05, 4.69) is 128 Å². The largest absolute Gasteiger partial charge is 2.00 e. The van der Waals surface area contributed by atoms with Crippen molar-refractivity contribution in [3.63, 3.8) is 0 Å². The summed E-state index contributed by atoms with van der Waals surface area (Å²) in [5.74, 6) is 3.60. The Hall–Kier alpha value is -8.44. The first kappa shape index (κ1) is 58.2. The van der Waals surface area contributed by atoms with Crippen LogP contribution in [0.25, 0.3) is 0 Å². The number of para-hydroxylation sites is 4. The molecule has 0 spiro atoms. The molecule has 416 valence electrons. The Balaban J connectivity index is 0.000000133. The number of hydrogen-bond donors (Lipinski definition) is 2. The molecule has 0 bridgehead atoms. The van der Waals surface area contributed by atoms with E-state index in [1.807, 2.05) is 195 Å². The van der Waals surface area contributed by atoms with Crippen LogP contribution < -0.4 is 29.4 Å². The number of fused-ring (bicyclic) bond motifs is 6. The van der Waals surface area contributed by atoms with Crippen LogP contribution in [0.4, 0.5) is 68.8 Å². The van der Waals surface area contributed by atoms with E-state index in [9.17, 15) is 10.2 Å². The topological polar surface area (TPSA) is 137 Å². The van der Waals surface area contributed by atoms with Crippen molar-refractivity contribution in [2.75, 3.05) is 43.5 Å². The molecule has 82 heavy (non-hydrogen) atoms. The Morgan fingerprint density at radius 1 is 0.390 bits per heavy atom. The minimum atomic E-state index is -0.162. The van der Waals surface area contributed by atoms with Crippen molar-refractivity contribution >= 4 is 68.8 Å². The second-order valence-electron chi connectivity index (χ2n) is 20.7. The summed E-state index contributed by atoms with van der Waals surface area (Å²) in [5.41, 5.74) is 13.5. The van der Waals surface area contributed by atoms with E-state index in [1.165, 1.54) is 11.1 Å². The van der Waals surface area contributed by atoms with Crippen LogP contribution in [0.5, 0.6) is 11.8 Å². The zero-order chi connectivity index (χ0) is 55.7. The van der Waals surface area contributed by atoms with E-state index in [-0.39, 0.29) is 64.7 Å². The molecular formula is C66H60N12O2Pt2. The molecule has 2 N–H and O–H groups in total. The fourth-order valence-electron chi connectivity index (χ4n) is 10.6. The maximum atomic E-state index is 10.4. The van der Waals surface area contributed by atoms with Gasteiger partial charge in [-0.05, 0) is 112 Å². The Bertz CT molecular complexity index is 3500. The van der Waals surface area contributed by atoms with E-state index < -0.39 is 0 Å². The SMILES string of the molecule is CN1[CH-]N(c2[c-]cccc2)c2ncccc21.CN1[CH-]N(c2[c-]cccc2)c2ncccc21.Cc1ccc(N2c3ccccc3C(C)(C)c3cccnc32)c(O)n1.Cc1ccc(N2c3ccccc3C(C)(C)c3cccnc32)c(O)n1.[Pt+2].[Pt+2]. The van der Waals surface area contributed by atoms with Gasteiger partial charge < -0.3 is 29.8 Å². The predicted molar refractivity (Wildman–Crippen MR) is 319 cm³/mol. The first-order valence-corrected chi connectivity index (χ1v) is 26.3. The molecule has 16 heteroatoms. The van der Waals surface area contributed by atoms with E-state index >= 15 is 0 Å². The third-order valence-electron chi connectivity index (χ3n) is 14.7. The number of aryl methyl sites for hydroxylation is 2. The van der Waals surface area contributed by atoms with Crippen molar-refractivity contribution in [1.29, 1.82) is 0 Å². The summed E-state index contributed by atoms with van der Waals surface area (Å²) in [6.07, 6.45) is 7.19. The molecule has 14 rings (SSSR count). The van der Waals surface area contributed by atoms with Crippen molar-refractivity contribution in [2.45, 2.75) is 52.4 Å². The second-order valence-corrected chi connectivity index (χ2v) is 20.7. The van der Waals surface area contributed by atoms with Gasteiger partial charge in [0.15, 0.2) is 0 Å². The number of anilines is 12. The molecule has 0 amide bonds. The minimum Gasteiger partial charge on any atom is -0.502 e. The summed E-state index contributed by atoms with van der Waals surface area (Å²) in [6.45, 7) is 16.6. The van der Waals surface area contributed by atoms with Crippen LogP contribution in [0.15, 0.2) is 195 Å². The van der Waals surface area contributed by atoms with Gasteiger partial charge in [0.2, 0.25) is 11.8 Å². The van der Waals surface area contributed by atoms with Gasteiger partial charge in [-0.2, -0.15) is 74.0 Å². The van der Waals surface area contributed by atoms with Crippen molar-refractivity contribution in [3.8, 4) is 11.8 Å². The van der Waals surface area contributed by atoms with Gasteiger partial charge in [0.25, 0.3) is 0 Å². The maximum Gasteiger partial charge on any atom is 2.00 e. The number of rotatable bonds is 4. The third kappa shape index (κ3) is 11.0. The standard InChI is InChI=1S/2C20H19N3O.2C13H11N3.2Pt/c2*1-13-10-11-17(19(24)22-13)23-16-9-5-4-7-14(16)20(2,3)15-8-6-12-21-18(15)23;2*1-15-10-16(11-6-3-2-4-7-11)13-12(15)8-5-9-14-13;;/h2*4-12H,1-3H3,(H,22,24);2*2-6,8-10H,1H3;;/q;;2*-2;2*+2. The van der Waals surface area contributed by atoms with Crippen LogP contribution >= 0.6 is 0 Å². The van der Waals surface area contributed by atoms with Crippen LogP contribution in [-0.2, 0) is 53.0 Å². The van der Waals surface area contributed by atoms with Gasteiger partial charge in [-0.25, -0.2) is 29.9 Å². The number of aromatic nitrogens is 6. The molecule has 0 radical (unpaired) electrons. The Kier molecular flexibility index (Phi) is 17.3.